The van der Waals surface area contributed by atoms with Gasteiger partial charge in [-0.15, -0.1) is 0 Å². The Bertz CT molecular complexity index is 546. The Balaban J connectivity index is 1.90. The molecule has 1 amide bonds. The Morgan fingerprint density at radius 2 is 1.75 bits per heavy atom. The Kier molecular flexibility index (Phi) is 5.91. The molecule has 1 aliphatic heterocycles. The highest BCUT2D eigenvalue weighted by Crippen LogP contribution is 2.23. The molecule has 1 aromatic rings. The van der Waals surface area contributed by atoms with Gasteiger partial charge in [0.25, 0.3) is 5.91 Å². The summed E-state index contributed by atoms with van der Waals surface area (Å²) >= 11 is 0. The number of alkyl halides is 3. The lowest BCUT2D eigenvalue weighted by Crippen LogP contribution is -2.47. The number of amides is 1. The van der Waals surface area contributed by atoms with Crippen molar-refractivity contribution in [3.8, 4) is 0 Å². The summed E-state index contributed by atoms with van der Waals surface area (Å²) in [6.45, 7) is 4.29. The summed E-state index contributed by atoms with van der Waals surface area (Å²) in [5, 5.41) is 0. The van der Waals surface area contributed by atoms with Crippen molar-refractivity contribution in [3.63, 3.8) is 0 Å². The van der Waals surface area contributed by atoms with Gasteiger partial charge < -0.3 is 4.90 Å². The Morgan fingerprint density at radius 3 is 2.21 bits per heavy atom. The number of piperidine rings is 1. The number of nitrogens with zero attached hydrogens (tertiary/aromatic N) is 2. The first-order valence-electron chi connectivity index (χ1n) is 8.33. The molecule has 2 rings (SSSR count). The standard InChI is InChI=1S/C18H25F3N2O/c1-13(2)14-4-6-15(7-5-14)17(24)23-10-8-16(9-11-23)22(3)12-18(19,20)21/h4-7,13,16H,8-12H2,1-3H3. The van der Waals surface area contributed by atoms with E-state index in [0.717, 1.165) is 0 Å². The first-order valence-corrected chi connectivity index (χ1v) is 8.33. The summed E-state index contributed by atoms with van der Waals surface area (Å²) < 4.78 is 37.4. The van der Waals surface area contributed by atoms with E-state index >= 15 is 0 Å². The highest BCUT2D eigenvalue weighted by molar-refractivity contribution is 5.94. The smallest absolute Gasteiger partial charge is 0.339 e. The molecule has 1 fully saturated rings. The van der Waals surface area contributed by atoms with Crippen LogP contribution in [-0.2, 0) is 0 Å². The lowest BCUT2D eigenvalue weighted by molar-refractivity contribution is -0.148. The van der Waals surface area contributed by atoms with Crippen molar-refractivity contribution >= 4 is 5.91 Å². The highest BCUT2D eigenvalue weighted by Gasteiger charge is 2.33. The van der Waals surface area contributed by atoms with Crippen LogP contribution in [0.4, 0.5) is 13.2 Å². The van der Waals surface area contributed by atoms with E-state index in [1.807, 2.05) is 24.3 Å². The molecule has 6 heteroatoms. The number of hydrogen-bond acceptors (Lipinski definition) is 2. The summed E-state index contributed by atoms with van der Waals surface area (Å²) in [5.41, 5.74) is 1.82. The topological polar surface area (TPSA) is 23.6 Å². The molecule has 1 aliphatic rings. The lowest BCUT2D eigenvalue weighted by atomic mass is 10.00. The van der Waals surface area contributed by atoms with Gasteiger partial charge in [-0.3, -0.25) is 9.69 Å². The Morgan fingerprint density at radius 1 is 1.21 bits per heavy atom. The summed E-state index contributed by atoms with van der Waals surface area (Å²) in [6.07, 6.45) is -3.04. The minimum atomic E-state index is -4.18. The lowest BCUT2D eigenvalue weighted by Gasteiger charge is -2.37. The summed E-state index contributed by atoms with van der Waals surface area (Å²) in [5.74, 6) is 0.372. The van der Waals surface area contributed by atoms with Gasteiger partial charge in [-0.25, -0.2) is 0 Å². The van der Waals surface area contributed by atoms with Crippen LogP contribution in [0.1, 0.15) is 48.5 Å². The van der Waals surface area contributed by atoms with Crippen LogP contribution in [0, 0.1) is 0 Å². The maximum absolute atomic E-state index is 12.5. The van der Waals surface area contributed by atoms with Gasteiger partial charge in [-0.2, -0.15) is 13.2 Å². The van der Waals surface area contributed by atoms with Crippen molar-refractivity contribution in [1.82, 2.24) is 9.80 Å². The first-order chi connectivity index (χ1) is 11.2. The van der Waals surface area contributed by atoms with E-state index in [1.165, 1.54) is 17.5 Å². The van der Waals surface area contributed by atoms with Crippen LogP contribution < -0.4 is 0 Å². The zero-order valence-corrected chi connectivity index (χ0v) is 14.4. The van der Waals surface area contributed by atoms with Gasteiger partial charge in [-0.05, 0) is 43.5 Å². The molecule has 0 N–H and O–H groups in total. The highest BCUT2D eigenvalue weighted by atomic mass is 19.4. The third kappa shape index (κ3) is 4.97. The van der Waals surface area contributed by atoms with Crippen molar-refractivity contribution in [2.24, 2.45) is 0 Å². The number of hydrogen-bond donors (Lipinski definition) is 0. The minimum absolute atomic E-state index is 0.0396. The molecule has 1 heterocycles. The zero-order chi connectivity index (χ0) is 17.9. The number of benzene rings is 1. The third-order valence-corrected chi connectivity index (χ3v) is 4.63. The van der Waals surface area contributed by atoms with Crippen LogP contribution in [0.3, 0.4) is 0 Å². The molecule has 1 aromatic carbocycles. The van der Waals surface area contributed by atoms with E-state index in [0.29, 0.717) is 37.4 Å². The average molecular weight is 342 g/mol. The van der Waals surface area contributed by atoms with E-state index in [1.54, 1.807) is 4.90 Å². The van der Waals surface area contributed by atoms with Gasteiger partial charge in [0.05, 0.1) is 6.54 Å². The van der Waals surface area contributed by atoms with E-state index in [-0.39, 0.29) is 11.9 Å². The second-order valence-electron chi connectivity index (χ2n) is 6.83. The molecule has 3 nitrogen and oxygen atoms in total. The molecule has 0 bridgehead atoms. The van der Waals surface area contributed by atoms with E-state index < -0.39 is 12.7 Å². The molecule has 0 aromatic heterocycles. The number of likely N-dealkylation sites (tertiary alicyclic amines) is 1. The van der Waals surface area contributed by atoms with Crippen molar-refractivity contribution in [1.29, 1.82) is 0 Å². The van der Waals surface area contributed by atoms with Gasteiger partial charge in [0.15, 0.2) is 0 Å². The normalized spacial score (nSPS) is 16.9. The van der Waals surface area contributed by atoms with Crippen molar-refractivity contribution in [2.45, 2.75) is 44.8 Å². The maximum atomic E-state index is 12.5. The largest absolute Gasteiger partial charge is 0.401 e. The predicted molar refractivity (Wildman–Crippen MR) is 88.1 cm³/mol. The second kappa shape index (κ2) is 7.55. The fourth-order valence-corrected chi connectivity index (χ4v) is 3.11. The van der Waals surface area contributed by atoms with Crippen molar-refractivity contribution < 1.29 is 18.0 Å². The molecule has 134 valence electrons. The van der Waals surface area contributed by atoms with E-state index in [9.17, 15) is 18.0 Å². The third-order valence-electron chi connectivity index (χ3n) is 4.63. The van der Waals surface area contributed by atoms with E-state index in [2.05, 4.69) is 13.8 Å². The van der Waals surface area contributed by atoms with Crippen LogP contribution >= 0.6 is 0 Å². The molecule has 0 saturated carbocycles. The molecule has 0 spiro atoms. The first kappa shape index (κ1) is 18.8. The van der Waals surface area contributed by atoms with Crippen molar-refractivity contribution in [3.05, 3.63) is 35.4 Å². The van der Waals surface area contributed by atoms with Crippen LogP contribution in [0.15, 0.2) is 24.3 Å². The number of carbonyl (C=O) groups is 1. The molecule has 0 aliphatic carbocycles. The Labute approximate surface area is 141 Å². The molecular formula is C18H25F3N2O. The van der Waals surface area contributed by atoms with Gasteiger partial charge in [0.2, 0.25) is 0 Å². The van der Waals surface area contributed by atoms with Crippen LogP contribution in [0.25, 0.3) is 0 Å². The van der Waals surface area contributed by atoms with Gasteiger partial charge in [-0.1, -0.05) is 26.0 Å². The van der Waals surface area contributed by atoms with Crippen LogP contribution in [0.5, 0.6) is 0 Å². The number of rotatable bonds is 4. The fraction of sp³-hybridized carbons (Fsp3) is 0.611. The van der Waals surface area contributed by atoms with E-state index in [4.69, 9.17) is 0 Å². The predicted octanol–water partition coefficient (Wildman–Crippen LogP) is 3.91. The molecule has 24 heavy (non-hydrogen) atoms. The SMILES string of the molecule is CC(C)c1ccc(C(=O)N2CCC(N(C)CC(F)(F)F)CC2)cc1. The number of carbonyl (C=O) groups excluding carboxylic acids is 1. The van der Waals surface area contributed by atoms with Crippen molar-refractivity contribution in [2.75, 3.05) is 26.7 Å². The van der Waals surface area contributed by atoms with Gasteiger partial charge >= 0.3 is 6.18 Å². The number of halogens is 3. The quantitative estimate of drug-likeness (QED) is 0.828. The summed E-state index contributed by atoms with van der Waals surface area (Å²) in [6, 6.07) is 7.46. The molecule has 0 radical (unpaired) electrons. The van der Waals surface area contributed by atoms with Crippen LogP contribution in [-0.4, -0.2) is 54.6 Å². The average Bonchev–Trinajstić information content (AvgIpc) is 2.53. The van der Waals surface area contributed by atoms with Gasteiger partial charge in [0.1, 0.15) is 0 Å². The minimum Gasteiger partial charge on any atom is -0.339 e. The van der Waals surface area contributed by atoms with Crippen LogP contribution in [0.2, 0.25) is 0 Å². The Hall–Kier alpha value is -1.56. The van der Waals surface area contributed by atoms with Gasteiger partial charge in [0, 0.05) is 24.7 Å². The molecule has 1 saturated heterocycles. The summed E-state index contributed by atoms with van der Waals surface area (Å²) in [4.78, 5) is 15.6. The maximum Gasteiger partial charge on any atom is 0.401 e. The monoisotopic (exact) mass is 342 g/mol. The molecular weight excluding hydrogens is 317 g/mol. The second-order valence-corrected chi connectivity index (χ2v) is 6.83. The molecule has 0 unspecified atom stereocenters. The summed E-state index contributed by atoms with van der Waals surface area (Å²) in [7, 11) is 1.50. The fourth-order valence-electron chi connectivity index (χ4n) is 3.11. The molecule has 0 atom stereocenters. The zero-order valence-electron chi connectivity index (χ0n) is 14.4.